The third-order valence-corrected chi connectivity index (χ3v) is 3.07. The molecule has 5 heteroatoms. The van der Waals surface area contributed by atoms with Crippen LogP contribution in [0.1, 0.15) is 12.8 Å². The van der Waals surface area contributed by atoms with Gasteiger partial charge in [0.05, 0.1) is 19.1 Å². The van der Waals surface area contributed by atoms with Gasteiger partial charge in [-0.15, -0.1) is 11.6 Å². The Balaban J connectivity index is 2.06. The van der Waals surface area contributed by atoms with Crippen molar-refractivity contribution < 1.29 is 4.79 Å². The van der Waals surface area contributed by atoms with Gasteiger partial charge in [0.15, 0.2) is 5.78 Å². The van der Waals surface area contributed by atoms with Gasteiger partial charge in [-0.3, -0.25) is 4.79 Å². The second kappa shape index (κ2) is 3.00. The Labute approximate surface area is 85.7 Å². The highest BCUT2D eigenvalue weighted by Gasteiger charge is 2.47. The van der Waals surface area contributed by atoms with Gasteiger partial charge in [-0.05, 0) is 12.8 Å². The molecule has 70 valence electrons. The smallest absolute Gasteiger partial charge is 0.173 e. The number of carbonyl (C=O) groups is 1. The van der Waals surface area contributed by atoms with Crippen LogP contribution in [-0.2, 0) is 11.3 Å². The molecule has 0 N–H and O–H groups in total. The molecule has 13 heavy (non-hydrogen) atoms. The molecule has 1 aromatic rings. The fraction of sp³-hybridized carbons (Fsp3) is 0.500. The number of hydrogen-bond acceptors (Lipinski definition) is 2. The zero-order valence-electron chi connectivity index (χ0n) is 6.83. The van der Waals surface area contributed by atoms with Crippen molar-refractivity contribution in [3.05, 3.63) is 17.7 Å². The number of nitrogens with zero attached hydrogens (tertiary/aromatic N) is 2. The Bertz CT molecular complexity index is 344. The minimum Gasteiger partial charge on any atom is -0.314 e. The molecule has 0 aromatic carbocycles. The molecule has 2 rings (SSSR count). The van der Waals surface area contributed by atoms with E-state index in [1.165, 1.54) is 12.5 Å². The first kappa shape index (κ1) is 9.03. The number of rotatable bonds is 3. The van der Waals surface area contributed by atoms with Gasteiger partial charge in [0, 0.05) is 0 Å². The Morgan fingerprint density at radius 1 is 1.69 bits per heavy atom. The minimum absolute atomic E-state index is 0.0223. The van der Waals surface area contributed by atoms with Gasteiger partial charge in [-0.2, -0.15) is 0 Å². The summed E-state index contributed by atoms with van der Waals surface area (Å²) in [5.41, 5.74) is 0. The van der Waals surface area contributed by atoms with Gasteiger partial charge in [-0.25, -0.2) is 4.98 Å². The highest BCUT2D eigenvalue weighted by atomic mass is 35.5. The van der Waals surface area contributed by atoms with Crippen LogP contribution in [0.2, 0.25) is 5.15 Å². The molecule has 0 amide bonds. The summed E-state index contributed by atoms with van der Waals surface area (Å²) in [4.78, 5) is 14.7. The van der Waals surface area contributed by atoms with E-state index in [0.717, 1.165) is 12.8 Å². The molecule has 0 saturated heterocycles. The molecule has 1 aliphatic carbocycles. The highest BCUT2D eigenvalue weighted by Crippen LogP contribution is 2.43. The number of alkyl halides is 1. The van der Waals surface area contributed by atoms with E-state index in [-0.39, 0.29) is 12.3 Å². The van der Waals surface area contributed by atoms with Gasteiger partial charge in [-0.1, -0.05) is 11.6 Å². The summed E-state index contributed by atoms with van der Waals surface area (Å²) in [6.45, 7) is 0.225. The zero-order chi connectivity index (χ0) is 9.47. The summed E-state index contributed by atoms with van der Waals surface area (Å²) in [7, 11) is 0. The maximum absolute atomic E-state index is 11.5. The van der Waals surface area contributed by atoms with Gasteiger partial charge in [0.2, 0.25) is 0 Å². The first-order valence-electron chi connectivity index (χ1n) is 4.00. The van der Waals surface area contributed by atoms with Crippen molar-refractivity contribution >= 4 is 29.0 Å². The Morgan fingerprint density at radius 2 is 2.38 bits per heavy atom. The van der Waals surface area contributed by atoms with Crippen LogP contribution in [-0.4, -0.2) is 20.2 Å². The van der Waals surface area contributed by atoms with Crippen LogP contribution >= 0.6 is 23.2 Å². The van der Waals surface area contributed by atoms with Gasteiger partial charge < -0.3 is 4.57 Å². The van der Waals surface area contributed by atoms with Gasteiger partial charge >= 0.3 is 0 Å². The fourth-order valence-electron chi connectivity index (χ4n) is 1.11. The molecule has 0 bridgehead atoms. The Hall–Kier alpha value is -0.540. The van der Waals surface area contributed by atoms with Crippen molar-refractivity contribution in [2.75, 3.05) is 0 Å². The standard InChI is InChI=1S/C8H8Cl2N2O/c9-7-3-11-5-12(7)4-6(13)8(10)1-2-8/h3,5H,1-2,4H2. The number of aromatic nitrogens is 2. The minimum atomic E-state index is -0.604. The molecule has 1 heterocycles. The molecule has 0 atom stereocenters. The summed E-state index contributed by atoms with van der Waals surface area (Å²) < 4.78 is 1.59. The van der Waals surface area contributed by atoms with E-state index in [1.54, 1.807) is 4.57 Å². The van der Waals surface area contributed by atoms with Crippen LogP contribution in [0.4, 0.5) is 0 Å². The van der Waals surface area contributed by atoms with Crippen LogP contribution in [0.5, 0.6) is 0 Å². The Kier molecular flexibility index (Phi) is 2.08. The van der Waals surface area contributed by atoms with Crippen molar-refractivity contribution in [1.29, 1.82) is 0 Å². The van der Waals surface area contributed by atoms with Crippen LogP contribution in [0.15, 0.2) is 12.5 Å². The number of hydrogen-bond donors (Lipinski definition) is 0. The highest BCUT2D eigenvalue weighted by molar-refractivity contribution is 6.37. The monoisotopic (exact) mass is 218 g/mol. The second-order valence-corrected chi connectivity index (χ2v) is 4.34. The van der Waals surface area contributed by atoms with Crippen molar-refractivity contribution in [2.24, 2.45) is 0 Å². The summed E-state index contributed by atoms with van der Waals surface area (Å²) in [5.74, 6) is 0.0223. The molecule has 1 fully saturated rings. The van der Waals surface area contributed by atoms with Gasteiger partial charge in [0.1, 0.15) is 10.0 Å². The zero-order valence-corrected chi connectivity index (χ0v) is 8.35. The number of ketones is 1. The molecule has 1 saturated carbocycles. The predicted octanol–water partition coefficient (Wildman–Crippen LogP) is 1.88. The number of halogens is 2. The average molecular weight is 219 g/mol. The summed E-state index contributed by atoms with van der Waals surface area (Å²) in [6.07, 6.45) is 4.59. The van der Waals surface area contributed by atoms with Crippen molar-refractivity contribution in [2.45, 2.75) is 24.3 Å². The maximum atomic E-state index is 11.5. The van der Waals surface area contributed by atoms with E-state index in [1.807, 2.05) is 0 Å². The summed E-state index contributed by atoms with van der Waals surface area (Å²) >= 11 is 11.7. The third kappa shape index (κ3) is 1.71. The summed E-state index contributed by atoms with van der Waals surface area (Å²) in [6, 6.07) is 0. The van der Waals surface area contributed by atoms with E-state index >= 15 is 0 Å². The molecule has 0 radical (unpaired) electrons. The lowest BCUT2D eigenvalue weighted by molar-refractivity contribution is -0.119. The normalized spacial score (nSPS) is 18.6. The summed E-state index contributed by atoms with van der Waals surface area (Å²) in [5, 5.41) is 0.467. The largest absolute Gasteiger partial charge is 0.314 e. The van der Waals surface area contributed by atoms with Crippen molar-refractivity contribution in [3.63, 3.8) is 0 Å². The van der Waals surface area contributed by atoms with Gasteiger partial charge in [0.25, 0.3) is 0 Å². The van der Waals surface area contributed by atoms with E-state index in [4.69, 9.17) is 23.2 Å². The molecule has 3 nitrogen and oxygen atoms in total. The maximum Gasteiger partial charge on any atom is 0.173 e. The number of imidazole rings is 1. The lowest BCUT2D eigenvalue weighted by Crippen LogP contribution is -2.21. The van der Waals surface area contributed by atoms with E-state index in [9.17, 15) is 4.79 Å². The molecular formula is C8H8Cl2N2O. The number of carbonyl (C=O) groups excluding carboxylic acids is 1. The molecule has 0 spiro atoms. The van der Waals surface area contributed by atoms with Crippen LogP contribution < -0.4 is 0 Å². The van der Waals surface area contributed by atoms with E-state index < -0.39 is 4.87 Å². The van der Waals surface area contributed by atoms with E-state index in [0.29, 0.717) is 5.15 Å². The molecule has 1 aromatic heterocycles. The SMILES string of the molecule is O=C(Cn1cncc1Cl)C1(Cl)CC1. The topological polar surface area (TPSA) is 34.9 Å². The first-order valence-corrected chi connectivity index (χ1v) is 4.75. The third-order valence-electron chi connectivity index (χ3n) is 2.16. The molecule has 0 unspecified atom stereocenters. The Morgan fingerprint density at radius 3 is 2.85 bits per heavy atom. The van der Waals surface area contributed by atoms with Crippen LogP contribution in [0, 0.1) is 0 Å². The average Bonchev–Trinajstić information content (AvgIpc) is 2.72. The lowest BCUT2D eigenvalue weighted by Gasteiger charge is -2.06. The number of Topliss-reactive ketones (excluding diaryl/α,β-unsaturated/α-hetero) is 1. The van der Waals surface area contributed by atoms with Crippen molar-refractivity contribution in [1.82, 2.24) is 9.55 Å². The lowest BCUT2D eigenvalue weighted by atomic mass is 10.2. The van der Waals surface area contributed by atoms with Crippen LogP contribution in [0.3, 0.4) is 0 Å². The van der Waals surface area contributed by atoms with Crippen molar-refractivity contribution in [3.8, 4) is 0 Å². The molecule has 0 aliphatic heterocycles. The molecule has 1 aliphatic rings. The van der Waals surface area contributed by atoms with Crippen LogP contribution in [0.25, 0.3) is 0 Å². The first-order chi connectivity index (χ1) is 6.12. The fourth-order valence-corrected chi connectivity index (χ4v) is 1.42. The van der Waals surface area contributed by atoms with E-state index in [2.05, 4.69) is 4.98 Å². The predicted molar refractivity (Wildman–Crippen MR) is 50.1 cm³/mol. The molecular weight excluding hydrogens is 211 g/mol. The quantitative estimate of drug-likeness (QED) is 0.727. The second-order valence-electron chi connectivity index (χ2n) is 3.23.